The molecular formula is C15H15ClN4O2S2. The van der Waals surface area contributed by atoms with Gasteiger partial charge in [0, 0.05) is 24.7 Å². The molecule has 0 saturated heterocycles. The first-order valence-electron chi connectivity index (χ1n) is 7.27. The van der Waals surface area contributed by atoms with Gasteiger partial charge in [0.1, 0.15) is 10.2 Å². The van der Waals surface area contributed by atoms with E-state index in [1.165, 1.54) is 20.9 Å². The molecule has 126 valence electrons. The first kappa shape index (κ1) is 17.2. The highest BCUT2D eigenvalue weighted by Crippen LogP contribution is 2.25. The van der Waals surface area contributed by atoms with Crippen molar-refractivity contribution in [3.05, 3.63) is 37.9 Å². The number of halogens is 1. The summed E-state index contributed by atoms with van der Waals surface area (Å²) in [5.74, 6) is 0.169. The third-order valence-corrected chi connectivity index (χ3v) is 5.56. The van der Waals surface area contributed by atoms with Gasteiger partial charge in [-0.15, -0.1) is 0 Å². The molecule has 1 aliphatic rings. The molecule has 0 fully saturated rings. The van der Waals surface area contributed by atoms with E-state index in [0.29, 0.717) is 38.0 Å². The Morgan fingerprint density at radius 2 is 2.21 bits per heavy atom. The van der Waals surface area contributed by atoms with E-state index in [4.69, 9.17) is 23.8 Å². The third-order valence-electron chi connectivity index (χ3n) is 3.82. The fraction of sp³-hybridized carbons (Fsp3) is 0.333. The van der Waals surface area contributed by atoms with Crippen molar-refractivity contribution in [2.45, 2.75) is 18.0 Å². The Hall–Kier alpha value is -1.64. The van der Waals surface area contributed by atoms with E-state index in [1.54, 1.807) is 20.2 Å². The number of allylic oxidation sites excluding steroid dienone is 4. The van der Waals surface area contributed by atoms with Crippen LogP contribution in [0.4, 0.5) is 0 Å². The first-order valence-corrected chi connectivity index (χ1v) is 9.04. The maximum Gasteiger partial charge on any atom is 0.330 e. The molecule has 2 aromatic heterocycles. The molecule has 9 heteroatoms. The number of hydrogen-bond donors (Lipinski definition) is 1. The van der Waals surface area contributed by atoms with Crippen molar-refractivity contribution in [2.75, 3.05) is 5.75 Å². The second-order valence-electron chi connectivity index (χ2n) is 5.42. The normalized spacial score (nSPS) is 14.6. The number of nitrogens with zero attached hydrogens (tertiary/aromatic N) is 3. The van der Waals surface area contributed by atoms with E-state index in [2.05, 4.69) is 9.97 Å². The van der Waals surface area contributed by atoms with Gasteiger partial charge in [0.25, 0.3) is 0 Å². The number of thioether (sulfide) groups is 1. The average Bonchev–Trinajstić information content (AvgIpc) is 3.01. The van der Waals surface area contributed by atoms with E-state index >= 15 is 0 Å². The van der Waals surface area contributed by atoms with Gasteiger partial charge in [-0.3, -0.25) is 13.9 Å². The number of H-pyrrole nitrogens is 1. The zero-order valence-electron chi connectivity index (χ0n) is 13.1. The Labute approximate surface area is 152 Å². The van der Waals surface area contributed by atoms with Crippen LogP contribution >= 0.6 is 35.6 Å². The van der Waals surface area contributed by atoms with E-state index < -0.39 is 0 Å². The number of carbonyl (C=O) groups is 1. The van der Waals surface area contributed by atoms with Gasteiger partial charge in [-0.2, -0.15) is 0 Å². The Balaban J connectivity index is 1.87. The van der Waals surface area contributed by atoms with E-state index in [9.17, 15) is 9.59 Å². The number of aromatic amines is 1. The van der Waals surface area contributed by atoms with Crippen LogP contribution in [0, 0.1) is 4.64 Å². The smallest absolute Gasteiger partial charge is 0.329 e. The van der Waals surface area contributed by atoms with Gasteiger partial charge in [0.2, 0.25) is 0 Å². The Morgan fingerprint density at radius 3 is 2.92 bits per heavy atom. The third kappa shape index (κ3) is 3.01. The van der Waals surface area contributed by atoms with Gasteiger partial charge in [0.05, 0.1) is 5.75 Å². The summed E-state index contributed by atoms with van der Waals surface area (Å²) in [6.45, 7) is 0. The van der Waals surface area contributed by atoms with Gasteiger partial charge in [-0.25, -0.2) is 9.78 Å². The molecule has 1 aliphatic carbocycles. The number of fused-ring (bicyclic) bond motifs is 1. The number of aryl methyl sites for hydroxylation is 1. The highest BCUT2D eigenvalue weighted by Gasteiger charge is 2.16. The lowest BCUT2D eigenvalue weighted by atomic mass is 10.0. The number of aromatic nitrogens is 4. The maximum absolute atomic E-state index is 12.3. The van der Waals surface area contributed by atoms with Crippen molar-refractivity contribution in [1.82, 2.24) is 19.1 Å². The van der Waals surface area contributed by atoms with Gasteiger partial charge >= 0.3 is 5.69 Å². The van der Waals surface area contributed by atoms with Gasteiger partial charge < -0.3 is 4.98 Å². The standard InChI is InChI=1S/C15H15ClN4O2S2/c1-19-12-11(13(23)20(2)15(19)22)17-14(18-12)24-7-10(21)8-5-3-4-6-9(8)16/h3,5H,4,6-7H2,1-2H3,(H,17,18). The Morgan fingerprint density at radius 1 is 1.46 bits per heavy atom. The number of rotatable bonds is 4. The minimum Gasteiger partial charge on any atom is -0.329 e. The van der Waals surface area contributed by atoms with Crippen molar-refractivity contribution in [3.8, 4) is 0 Å². The SMILES string of the molecule is Cn1c(=S)c2[nH]c(SCC(=O)C3=C(Cl)CCC=C3)nc2n(C)c1=O. The van der Waals surface area contributed by atoms with Crippen molar-refractivity contribution in [3.63, 3.8) is 0 Å². The van der Waals surface area contributed by atoms with Crippen LogP contribution in [0.2, 0.25) is 0 Å². The zero-order chi connectivity index (χ0) is 17.4. The van der Waals surface area contributed by atoms with Crippen LogP contribution in [-0.2, 0) is 18.9 Å². The highest BCUT2D eigenvalue weighted by atomic mass is 35.5. The summed E-state index contributed by atoms with van der Waals surface area (Å²) in [4.78, 5) is 31.8. The number of imidazole rings is 1. The van der Waals surface area contributed by atoms with E-state index in [0.717, 1.165) is 6.42 Å². The predicted molar refractivity (Wildman–Crippen MR) is 98.1 cm³/mol. The molecule has 2 heterocycles. The van der Waals surface area contributed by atoms with Crippen LogP contribution < -0.4 is 5.69 Å². The molecule has 0 bridgehead atoms. The fourth-order valence-corrected chi connectivity index (χ4v) is 3.71. The Bertz CT molecular complexity index is 1010. The molecule has 0 atom stereocenters. The molecular weight excluding hydrogens is 368 g/mol. The molecule has 0 spiro atoms. The summed E-state index contributed by atoms with van der Waals surface area (Å²) in [7, 11) is 3.25. The molecule has 1 N–H and O–H groups in total. The summed E-state index contributed by atoms with van der Waals surface area (Å²) >= 11 is 12.7. The van der Waals surface area contributed by atoms with Crippen molar-refractivity contribution < 1.29 is 4.79 Å². The van der Waals surface area contributed by atoms with Crippen LogP contribution in [0.5, 0.6) is 0 Å². The van der Waals surface area contributed by atoms with Crippen LogP contribution in [-0.4, -0.2) is 30.6 Å². The predicted octanol–water partition coefficient (Wildman–Crippen LogP) is 2.83. The van der Waals surface area contributed by atoms with Crippen LogP contribution in [0.15, 0.2) is 32.7 Å². The number of ketones is 1. The molecule has 24 heavy (non-hydrogen) atoms. The highest BCUT2D eigenvalue weighted by molar-refractivity contribution is 7.99. The van der Waals surface area contributed by atoms with Gasteiger partial charge in [-0.05, 0) is 12.8 Å². The minimum absolute atomic E-state index is 0.0422. The van der Waals surface area contributed by atoms with Crippen LogP contribution in [0.25, 0.3) is 11.2 Å². The monoisotopic (exact) mass is 382 g/mol. The first-order chi connectivity index (χ1) is 11.4. The summed E-state index contributed by atoms with van der Waals surface area (Å²) in [5.41, 5.74) is 1.41. The lowest BCUT2D eigenvalue weighted by molar-refractivity contribution is -0.113. The lowest BCUT2D eigenvalue weighted by Crippen LogP contribution is -2.27. The molecule has 2 aromatic rings. The minimum atomic E-state index is -0.240. The van der Waals surface area contributed by atoms with Crippen molar-refractivity contribution in [1.29, 1.82) is 0 Å². The van der Waals surface area contributed by atoms with Crippen molar-refractivity contribution >= 4 is 52.5 Å². The number of carbonyl (C=O) groups excluding carboxylic acids is 1. The summed E-state index contributed by atoms with van der Waals surface area (Å²) < 4.78 is 3.20. The molecule has 0 radical (unpaired) electrons. The van der Waals surface area contributed by atoms with Gasteiger partial charge in [-0.1, -0.05) is 47.7 Å². The quantitative estimate of drug-likeness (QED) is 0.650. The summed E-state index contributed by atoms with van der Waals surface area (Å²) in [5, 5.41) is 1.15. The molecule has 0 aromatic carbocycles. The molecule has 0 amide bonds. The average molecular weight is 383 g/mol. The lowest BCUT2D eigenvalue weighted by Gasteiger charge is -2.08. The largest absolute Gasteiger partial charge is 0.330 e. The van der Waals surface area contributed by atoms with Crippen LogP contribution in [0.1, 0.15) is 12.8 Å². The fourth-order valence-electron chi connectivity index (χ4n) is 2.47. The second kappa shape index (κ2) is 6.70. The maximum atomic E-state index is 12.3. The molecule has 0 unspecified atom stereocenters. The van der Waals surface area contributed by atoms with E-state index in [1.807, 2.05) is 6.08 Å². The molecule has 3 rings (SSSR count). The van der Waals surface area contributed by atoms with Crippen LogP contribution in [0.3, 0.4) is 0 Å². The summed E-state index contributed by atoms with van der Waals surface area (Å²) in [6, 6.07) is 0. The van der Waals surface area contributed by atoms with E-state index in [-0.39, 0.29) is 17.2 Å². The molecule has 0 saturated carbocycles. The Kier molecular flexibility index (Phi) is 4.80. The number of nitrogens with one attached hydrogen (secondary N) is 1. The van der Waals surface area contributed by atoms with Crippen molar-refractivity contribution in [2.24, 2.45) is 14.1 Å². The second-order valence-corrected chi connectivity index (χ2v) is 7.22. The number of hydrogen-bond acceptors (Lipinski definition) is 5. The molecule has 0 aliphatic heterocycles. The van der Waals surface area contributed by atoms with Gasteiger partial charge in [0.15, 0.2) is 16.6 Å². The summed E-state index contributed by atoms with van der Waals surface area (Å²) in [6.07, 6.45) is 5.29. The topological polar surface area (TPSA) is 72.7 Å². The molecule has 6 nitrogen and oxygen atoms in total. The zero-order valence-corrected chi connectivity index (χ0v) is 15.5. The number of Topliss-reactive ketones (excluding diaryl/α,β-unsaturated/α-hetero) is 1.